The van der Waals surface area contributed by atoms with Gasteiger partial charge in [0, 0.05) is 29.4 Å². The molecule has 0 aliphatic rings. The van der Waals surface area contributed by atoms with Crippen molar-refractivity contribution in [2.24, 2.45) is 0 Å². The van der Waals surface area contributed by atoms with E-state index in [1.165, 1.54) is 16.8 Å². The third-order valence-corrected chi connectivity index (χ3v) is 2.64. The van der Waals surface area contributed by atoms with Crippen LogP contribution in [0.1, 0.15) is 0 Å². The second kappa shape index (κ2) is 3.48. The number of rotatable bonds is 1. The van der Waals surface area contributed by atoms with Crippen LogP contribution >= 0.6 is 0 Å². The molecule has 0 unspecified atom stereocenters. The van der Waals surface area contributed by atoms with E-state index >= 15 is 0 Å². The maximum absolute atomic E-state index is 11.6. The summed E-state index contributed by atoms with van der Waals surface area (Å²) in [5.41, 5.74) is 0.894. The summed E-state index contributed by atoms with van der Waals surface area (Å²) in [6.45, 7) is 0. The predicted molar refractivity (Wildman–Crippen MR) is 64.5 cm³/mol. The van der Waals surface area contributed by atoms with Crippen LogP contribution in [0.4, 0.5) is 0 Å². The molecule has 0 saturated heterocycles. The van der Waals surface area contributed by atoms with Crippen LogP contribution in [0.3, 0.4) is 0 Å². The molecular formula is C12H9N3O2. The Morgan fingerprint density at radius 3 is 2.76 bits per heavy atom. The number of nitrogens with one attached hydrogen (secondary N) is 2. The van der Waals surface area contributed by atoms with Gasteiger partial charge in [0.1, 0.15) is 0 Å². The minimum Gasteiger partial charge on any atom is -0.361 e. The van der Waals surface area contributed by atoms with E-state index in [1.54, 1.807) is 0 Å². The molecule has 0 amide bonds. The fourth-order valence-electron chi connectivity index (χ4n) is 1.81. The topological polar surface area (TPSA) is 70.7 Å². The number of benzene rings is 1. The van der Waals surface area contributed by atoms with Crippen LogP contribution in [-0.4, -0.2) is 14.5 Å². The number of nitrogens with zero attached hydrogens (tertiary/aromatic N) is 1. The van der Waals surface area contributed by atoms with Gasteiger partial charge in [-0.25, -0.2) is 4.79 Å². The van der Waals surface area contributed by atoms with Gasteiger partial charge in [-0.15, -0.1) is 0 Å². The van der Waals surface area contributed by atoms with Gasteiger partial charge in [0.05, 0.1) is 5.69 Å². The molecule has 17 heavy (non-hydrogen) atoms. The summed E-state index contributed by atoms with van der Waals surface area (Å²) in [7, 11) is 0. The average Bonchev–Trinajstić information content (AvgIpc) is 2.75. The molecule has 0 fully saturated rings. The van der Waals surface area contributed by atoms with E-state index < -0.39 is 11.2 Å². The molecular weight excluding hydrogens is 218 g/mol. The molecule has 0 bridgehead atoms. The van der Waals surface area contributed by atoms with Crippen molar-refractivity contribution in [3.05, 3.63) is 63.6 Å². The van der Waals surface area contributed by atoms with Gasteiger partial charge in [-0.3, -0.25) is 14.3 Å². The van der Waals surface area contributed by atoms with Crippen LogP contribution in [0.15, 0.2) is 52.3 Å². The van der Waals surface area contributed by atoms with Crippen molar-refractivity contribution in [1.82, 2.24) is 14.5 Å². The van der Waals surface area contributed by atoms with Crippen molar-refractivity contribution in [3.8, 4) is 5.69 Å². The second-order valence-electron chi connectivity index (χ2n) is 3.73. The fourth-order valence-corrected chi connectivity index (χ4v) is 1.81. The van der Waals surface area contributed by atoms with Gasteiger partial charge in [0.2, 0.25) is 0 Å². The summed E-state index contributed by atoms with van der Waals surface area (Å²) in [6.07, 6.45) is 3.30. The van der Waals surface area contributed by atoms with E-state index in [-0.39, 0.29) is 0 Å². The Hall–Kier alpha value is -2.56. The molecule has 2 aromatic heterocycles. The maximum Gasteiger partial charge on any atom is 0.332 e. The Balaban J connectivity index is 2.26. The SMILES string of the molecule is O=c1ccn(-c2ccc3[nH]ccc3c2)c(=O)[nH]1. The first-order valence-electron chi connectivity index (χ1n) is 5.13. The molecule has 5 nitrogen and oxygen atoms in total. The number of aromatic amines is 2. The van der Waals surface area contributed by atoms with Crippen LogP contribution in [0.25, 0.3) is 16.6 Å². The van der Waals surface area contributed by atoms with E-state index in [1.807, 2.05) is 30.5 Å². The predicted octanol–water partition coefficient (Wildman–Crippen LogP) is 1.01. The zero-order valence-corrected chi connectivity index (χ0v) is 8.81. The molecule has 2 heterocycles. The van der Waals surface area contributed by atoms with Crippen LogP contribution < -0.4 is 11.2 Å². The maximum atomic E-state index is 11.6. The molecule has 84 valence electrons. The number of aromatic nitrogens is 3. The summed E-state index contributed by atoms with van der Waals surface area (Å²) < 4.78 is 1.40. The standard InChI is InChI=1S/C12H9N3O2/c16-11-4-6-15(12(17)14-11)9-1-2-10-8(7-9)3-5-13-10/h1-7,13H,(H,14,16,17). The Bertz CT molecular complexity index is 795. The minimum absolute atomic E-state index is 0.394. The van der Waals surface area contributed by atoms with E-state index in [4.69, 9.17) is 0 Å². The lowest BCUT2D eigenvalue weighted by molar-refractivity contribution is 0.897. The molecule has 0 atom stereocenters. The largest absolute Gasteiger partial charge is 0.361 e. The zero-order chi connectivity index (χ0) is 11.8. The van der Waals surface area contributed by atoms with Crippen molar-refractivity contribution < 1.29 is 0 Å². The molecule has 3 aromatic rings. The summed E-state index contributed by atoms with van der Waals surface area (Å²) >= 11 is 0. The highest BCUT2D eigenvalue weighted by Crippen LogP contribution is 2.15. The summed E-state index contributed by atoms with van der Waals surface area (Å²) in [6, 6.07) is 8.84. The number of hydrogen-bond acceptors (Lipinski definition) is 2. The van der Waals surface area contributed by atoms with Gasteiger partial charge in [-0.05, 0) is 24.3 Å². The van der Waals surface area contributed by atoms with Gasteiger partial charge in [-0.2, -0.15) is 0 Å². The number of H-pyrrole nitrogens is 2. The monoisotopic (exact) mass is 227 g/mol. The van der Waals surface area contributed by atoms with Gasteiger partial charge < -0.3 is 4.98 Å². The summed E-state index contributed by atoms with van der Waals surface area (Å²) in [4.78, 5) is 27.9. The van der Waals surface area contributed by atoms with Crippen molar-refractivity contribution >= 4 is 10.9 Å². The van der Waals surface area contributed by atoms with Gasteiger partial charge in [0.15, 0.2) is 0 Å². The first-order chi connectivity index (χ1) is 8.24. The molecule has 2 N–H and O–H groups in total. The molecule has 5 heteroatoms. The molecule has 1 aromatic carbocycles. The van der Waals surface area contributed by atoms with Crippen LogP contribution in [-0.2, 0) is 0 Å². The van der Waals surface area contributed by atoms with Crippen LogP contribution in [0.2, 0.25) is 0 Å². The van der Waals surface area contributed by atoms with Crippen LogP contribution in [0, 0.1) is 0 Å². The quantitative estimate of drug-likeness (QED) is 0.651. The third-order valence-electron chi connectivity index (χ3n) is 2.64. The van der Waals surface area contributed by atoms with E-state index in [0.717, 1.165) is 16.6 Å². The third kappa shape index (κ3) is 1.57. The molecule has 0 radical (unpaired) electrons. The van der Waals surface area contributed by atoms with Gasteiger partial charge >= 0.3 is 5.69 Å². The van der Waals surface area contributed by atoms with Crippen molar-refractivity contribution in [3.63, 3.8) is 0 Å². The smallest absolute Gasteiger partial charge is 0.332 e. The lowest BCUT2D eigenvalue weighted by Gasteiger charge is -2.04. The Labute approximate surface area is 95.4 Å². The Morgan fingerprint density at radius 1 is 1.06 bits per heavy atom. The average molecular weight is 227 g/mol. The highest BCUT2D eigenvalue weighted by molar-refractivity contribution is 5.81. The molecule has 3 rings (SSSR count). The van der Waals surface area contributed by atoms with Crippen molar-refractivity contribution in [2.45, 2.75) is 0 Å². The minimum atomic E-state index is -0.438. The molecule has 0 saturated carbocycles. The first-order valence-corrected chi connectivity index (χ1v) is 5.13. The van der Waals surface area contributed by atoms with Gasteiger partial charge in [0.25, 0.3) is 5.56 Å². The molecule has 0 aliphatic heterocycles. The molecule has 0 aliphatic carbocycles. The second-order valence-corrected chi connectivity index (χ2v) is 3.73. The van der Waals surface area contributed by atoms with E-state index in [9.17, 15) is 9.59 Å². The summed E-state index contributed by atoms with van der Waals surface area (Å²) in [5.74, 6) is 0. The van der Waals surface area contributed by atoms with Crippen molar-refractivity contribution in [2.75, 3.05) is 0 Å². The Morgan fingerprint density at radius 2 is 1.94 bits per heavy atom. The number of fused-ring (bicyclic) bond motifs is 1. The van der Waals surface area contributed by atoms with Crippen LogP contribution in [0.5, 0.6) is 0 Å². The Kier molecular flexibility index (Phi) is 1.98. The first kappa shape index (κ1) is 9.65. The summed E-state index contributed by atoms with van der Waals surface area (Å²) in [5, 5.41) is 1.01. The lowest BCUT2D eigenvalue weighted by atomic mass is 10.2. The zero-order valence-electron chi connectivity index (χ0n) is 8.81. The van der Waals surface area contributed by atoms with E-state index in [0.29, 0.717) is 0 Å². The lowest BCUT2D eigenvalue weighted by Crippen LogP contribution is -2.27. The highest BCUT2D eigenvalue weighted by Gasteiger charge is 2.01. The highest BCUT2D eigenvalue weighted by atomic mass is 16.2. The van der Waals surface area contributed by atoms with E-state index in [2.05, 4.69) is 9.97 Å². The van der Waals surface area contributed by atoms with Gasteiger partial charge in [-0.1, -0.05) is 0 Å². The normalized spacial score (nSPS) is 10.8. The number of hydrogen-bond donors (Lipinski definition) is 2. The van der Waals surface area contributed by atoms with Crippen molar-refractivity contribution in [1.29, 1.82) is 0 Å². The molecule has 0 spiro atoms. The fraction of sp³-hybridized carbons (Fsp3) is 0.